The van der Waals surface area contributed by atoms with E-state index in [0.29, 0.717) is 17.6 Å². The molecule has 0 aromatic heterocycles. The monoisotopic (exact) mass is 296 g/mol. The maximum Gasteiger partial charge on any atom is 0.573 e. The lowest BCUT2D eigenvalue weighted by atomic mass is 9.99. The molecular formula is C15H11F3O3. The summed E-state index contributed by atoms with van der Waals surface area (Å²) in [6, 6.07) is 10.2. The Morgan fingerprint density at radius 2 is 1.76 bits per heavy atom. The first-order valence-electron chi connectivity index (χ1n) is 5.93. The third kappa shape index (κ3) is 3.53. The van der Waals surface area contributed by atoms with E-state index in [2.05, 4.69) is 4.74 Å². The van der Waals surface area contributed by atoms with Gasteiger partial charge in [0.15, 0.2) is 6.29 Å². The molecule has 0 radical (unpaired) electrons. The first-order chi connectivity index (χ1) is 9.94. The number of ether oxygens (including phenoxy) is 2. The molecule has 2 aromatic rings. The Bertz CT molecular complexity index is 651. The van der Waals surface area contributed by atoms with E-state index in [1.54, 1.807) is 12.1 Å². The quantitative estimate of drug-likeness (QED) is 0.798. The molecule has 0 aliphatic carbocycles. The van der Waals surface area contributed by atoms with Gasteiger partial charge in [-0.1, -0.05) is 18.2 Å². The molecule has 0 bridgehead atoms. The fraction of sp³-hybridized carbons (Fsp3) is 0.133. The average Bonchev–Trinajstić information content (AvgIpc) is 2.45. The average molecular weight is 296 g/mol. The second-order valence-electron chi connectivity index (χ2n) is 4.11. The van der Waals surface area contributed by atoms with Crippen molar-refractivity contribution in [3.8, 4) is 22.6 Å². The lowest BCUT2D eigenvalue weighted by molar-refractivity contribution is -0.274. The zero-order valence-corrected chi connectivity index (χ0v) is 11.0. The van der Waals surface area contributed by atoms with Gasteiger partial charge in [0.2, 0.25) is 0 Å². The van der Waals surface area contributed by atoms with Gasteiger partial charge >= 0.3 is 6.36 Å². The number of halogens is 3. The summed E-state index contributed by atoms with van der Waals surface area (Å²) >= 11 is 0. The van der Waals surface area contributed by atoms with Gasteiger partial charge in [0.1, 0.15) is 11.5 Å². The molecule has 21 heavy (non-hydrogen) atoms. The van der Waals surface area contributed by atoms with Gasteiger partial charge < -0.3 is 9.47 Å². The Kier molecular flexibility index (Phi) is 4.16. The summed E-state index contributed by atoms with van der Waals surface area (Å²) in [5.41, 5.74) is 0.734. The summed E-state index contributed by atoms with van der Waals surface area (Å²) < 4.78 is 46.3. The molecule has 2 rings (SSSR count). The number of alkyl halides is 3. The molecule has 3 nitrogen and oxygen atoms in total. The number of aldehydes is 1. The van der Waals surface area contributed by atoms with Crippen LogP contribution in [0.4, 0.5) is 13.2 Å². The van der Waals surface area contributed by atoms with Crippen molar-refractivity contribution in [3.05, 3.63) is 48.0 Å². The lowest BCUT2D eigenvalue weighted by Crippen LogP contribution is -2.17. The fourth-order valence-electron chi connectivity index (χ4n) is 1.91. The van der Waals surface area contributed by atoms with Crippen molar-refractivity contribution in [1.29, 1.82) is 0 Å². The van der Waals surface area contributed by atoms with Gasteiger partial charge in [0.05, 0.1) is 7.11 Å². The first-order valence-corrected chi connectivity index (χ1v) is 5.93. The van der Waals surface area contributed by atoms with Crippen LogP contribution in [0.25, 0.3) is 11.1 Å². The molecule has 0 atom stereocenters. The summed E-state index contributed by atoms with van der Waals surface area (Å²) in [5, 5.41) is 0. The van der Waals surface area contributed by atoms with E-state index >= 15 is 0 Å². The molecule has 2 aromatic carbocycles. The summed E-state index contributed by atoms with van der Waals surface area (Å²) in [7, 11) is 1.43. The van der Waals surface area contributed by atoms with Crippen molar-refractivity contribution in [2.45, 2.75) is 6.36 Å². The maximum atomic E-state index is 12.4. The number of carbonyl (C=O) groups is 1. The van der Waals surface area contributed by atoms with E-state index in [1.807, 2.05) is 0 Å². The maximum absolute atomic E-state index is 12.4. The Morgan fingerprint density at radius 3 is 2.38 bits per heavy atom. The molecule has 0 aliphatic heterocycles. The minimum Gasteiger partial charge on any atom is -0.497 e. The van der Waals surface area contributed by atoms with Gasteiger partial charge in [0.25, 0.3) is 0 Å². The highest BCUT2D eigenvalue weighted by atomic mass is 19.4. The SMILES string of the molecule is COc1ccc(-c2ccccc2OC(F)(F)F)c(C=O)c1. The normalized spacial score (nSPS) is 11.0. The smallest absolute Gasteiger partial charge is 0.497 e. The molecule has 0 N–H and O–H groups in total. The Labute approximate surface area is 118 Å². The zero-order chi connectivity index (χ0) is 15.5. The van der Waals surface area contributed by atoms with Crippen LogP contribution < -0.4 is 9.47 Å². The van der Waals surface area contributed by atoms with E-state index in [4.69, 9.17) is 4.74 Å². The van der Waals surface area contributed by atoms with Crippen molar-refractivity contribution in [2.24, 2.45) is 0 Å². The number of methoxy groups -OCH3 is 1. The highest BCUT2D eigenvalue weighted by Crippen LogP contribution is 2.36. The number of hydrogen-bond donors (Lipinski definition) is 0. The van der Waals surface area contributed by atoms with Crippen LogP contribution in [0.15, 0.2) is 42.5 Å². The molecule has 0 spiro atoms. The third-order valence-corrected chi connectivity index (χ3v) is 2.79. The van der Waals surface area contributed by atoms with Crippen LogP contribution >= 0.6 is 0 Å². The fourth-order valence-corrected chi connectivity index (χ4v) is 1.91. The van der Waals surface area contributed by atoms with Crippen LogP contribution in [0.2, 0.25) is 0 Å². The Hall–Kier alpha value is -2.50. The van der Waals surface area contributed by atoms with Crippen molar-refractivity contribution >= 4 is 6.29 Å². The molecule has 6 heteroatoms. The number of benzene rings is 2. The second-order valence-corrected chi connectivity index (χ2v) is 4.11. The van der Waals surface area contributed by atoms with Gasteiger partial charge in [-0.15, -0.1) is 13.2 Å². The van der Waals surface area contributed by atoms with Crippen molar-refractivity contribution in [1.82, 2.24) is 0 Å². The minimum atomic E-state index is -4.80. The summed E-state index contributed by atoms with van der Waals surface area (Å²) in [6.07, 6.45) is -4.24. The van der Waals surface area contributed by atoms with Crippen molar-refractivity contribution < 1.29 is 27.4 Å². The summed E-state index contributed by atoms with van der Waals surface area (Å²) in [5.74, 6) is 0.0772. The van der Waals surface area contributed by atoms with Gasteiger partial charge in [-0.3, -0.25) is 4.79 Å². The predicted molar refractivity (Wildman–Crippen MR) is 70.5 cm³/mol. The molecule has 0 fully saturated rings. The van der Waals surface area contributed by atoms with Crippen LogP contribution in [-0.4, -0.2) is 19.8 Å². The molecule has 0 saturated heterocycles. The summed E-state index contributed by atoms with van der Waals surface area (Å²) in [4.78, 5) is 11.1. The van der Waals surface area contributed by atoms with E-state index in [-0.39, 0.29) is 16.9 Å². The molecule has 0 heterocycles. The highest BCUT2D eigenvalue weighted by molar-refractivity contribution is 5.90. The van der Waals surface area contributed by atoms with Crippen LogP contribution in [0, 0.1) is 0 Å². The van der Waals surface area contributed by atoms with E-state index in [1.165, 1.54) is 37.4 Å². The predicted octanol–water partition coefficient (Wildman–Crippen LogP) is 4.07. The summed E-state index contributed by atoms with van der Waals surface area (Å²) in [6.45, 7) is 0. The molecule has 0 unspecified atom stereocenters. The van der Waals surface area contributed by atoms with Crippen molar-refractivity contribution in [3.63, 3.8) is 0 Å². The first kappa shape index (κ1) is 14.9. The molecule has 0 amide bonds. The van der Waals surface area contributed by atoms with Gasteiger partial charge in [-0.2, -0.15) is 0 Å². The van der Waals surface area contributed by atoms with Crippen molar-refractivity contribution in [2.75, 3.05) is 7.11 Å². The third-order valence-electron chi connectivity index (χ3n) is 2.79. The van der Waals surface area contributed by atoms with E-state index in [0.717, 1.165) is 0 Å². The number of hydrogen-bond acceptors (Lipinski definition) is 3. The van der Waals surface area contributed by atoms with Crippen LogP contribution in [0.5, 0.6) is 11.5 Å². The minimum absolute atomic E-state index is 0.180. The largest absolute Gasteiger partial charge is 0.573 e. The van der Waals surface area contributed by atoms with E-state index in [9.17, 15) is 18.0 Å². The highest BCUT2D eigenvalue weighted by Gasteiger charge is 2.32. The van der Waals surface area contributed by atoms with Gasteiger partial charge in [0, 0.05) is 11.1 Å². The lowest BCUT2D eigenvalue weighted by Gasteiger charge is -2.14. The van der Waals surface area contributed by atoms with Crippen LogP contribution in [0.1, 0.15) is 10.4 Å². The number of rotatable bonds is 4. The van der Waals surface area contributed by atoms with Crippen LogP contribution in [-0.2, 0) is 0 Å². The van der Waals surface area contributed by atoms with Gasteiger partial charge in [-0.05, 0) is 29.8 Å². The topological polar surface area (TPSA) is 35.5 Å². The Morgan fingerprint density at radius 1 is 1.05 bits per heavy atom. The molecular weight excluding hydrogens is 285 g/mol. The van der Waals surface area contributed by atoms with Gasteiger partial charge in [-0.25, -0.2) is 0 Å². The van der Waals surface area contributed by atoms with Crippen LogP contribution in [0.3, 0.4) is 0 Å². The molecule has 0 aliphatic rings. The molecule has 0 saturated carbocycles. The standard InChI is InChI=1S/C15H11F3O3/c1-20-11-6-7-12(10(8-11)9-19)13-4-2-3-5-14(13)21-15(16,17)18/h2-9H,1H3. The van der Waals surface area contributed by atoms with E-state index < -0.39 is 6.36 Å². The Balaban J connectivity index is 2.54. The number of carbonyl (C=O) groups excluding carboxylic acids is 1. The molecule has 110 valence electrons. The zero-order valence-electron chi connectivity index (χ0n) is 11.0. The second kappa shape index (κ2) is 5.87. The number of para-hydroxylation sites is 1.